The molecule has 0 radical (unpaired) electrons. The molecule has 1 nitrogen and oxygen atoms in total. The van der Waals surface area contributed by atoms with Crippen molar-refractivity contribution in [2.75, 3.05) is 0 Å². The van der Waals surface area contributed by atoms with Gasteiger partial charge in [0.05, 0.1) is 0 Å². The molecular formula is C2H5NS. The van der Waals surface area contributed by atoms with Gasteiger partial charge in [0.1, 0.15) is 0 Å². The van der Waals surface area contributed by atoms with E-state index < -0.39 is 0 Å². The van der Waals surface area contributed by atoms with Gasteiger partial charge in [-0.05, 0) is 19.7 Å². The van der Waals surface area contributed by atoms with Crippen LogP contribution in [0.5, 0.6) is 0 Å². The number of nitrogens with zero attached hydrogens (tertiary/aromatic N) is 1. The Morgan fingerprint density at radius 3 is 2.25 bits per heavy atom. The molecule has 0 fully saturated rings. The number of thiol groups is 1. The summed E-state index contributed by atoms with van der Waals surface area (Å²) in [5.74, 6) is 0. The molecule has 0 aliphatic carbocycles. The predicted molar refractivity (Wildman–Crippen MR) is 23.2 cm³/mol. The van der Waals surface area contributed by atoms with Gasteiger partial charge in [-0.25, -0.2) is 4.40 Å². The largest absolute Gasteiger partial charge is 0.233 e. The second-order valence-corrected chi connectivity index (χ2v) is 0.605. The lowest BCUT2D eigenvalue weighted by molar-refractivity contribution is 1.90. The van der Waals surface area contributed by atoms with Crippen LogP contribution in [0.3, 0.4) is 0 Å². The normalized spacial score (nSPS) is 9.50. The first-order valence-electron chi connectivity index (χ1n) is 1.04. The summed E-state index contributed by atoms with van der Waals surface area (Å²) in [5.41, 5.74) is 0. The predicted octanol–water partition coefficient (Wildman–Crippen LogP) is 0.922. The van der Waals surface area contributed by atoms with Crippen LogP contribution >= 0.6 is 12.8 Å². The van der Waals surface area contributed by atoms with Crippen molar-refractivity contribution in [2.45, 2.75) is 6.92 Å². The van der Waals surface area contributed by atoms with Crippen molar-refractivity contribution in [1.82, 2.24) is 0 Å². The molecule has 0 unspecified atom stereocenters. The second kappa shape index (κ2) is 3.02. The number of rotatable bonds is 0. The highest BCUT2D eigenvalue weighted by molar-refractivity contribution is 7.78. The van der Waals surface area contributed by atoms with Gasteiger partial charge >= 0.3 is 0 Å². The van der Waals surface area contributed by atoms with Crippen LogP contribution in [0.25, 0.3) is 0 Å². The molecule has 0 N–H and O–H groups in total. The lowest BCUT2D eigenvalue weighted by Gasteiger charge is -1.51. The third-order valence-corrected chi connectivity index (χ3v) is 0.346. The summed E-state index contributed by atoms with van der Waals surface area (Å²) in [7, 11) is 0. The third kappa shape index (κ3) is 2.02. The van der Waals surface area contributed by atoms with Crippen LogP contribution in [0.4, 0.5) is 0 Å². The minimum absolute atomic E-state index is 1.61. The molecule has 0 saturated carbocycles. The lowest BCUT2D eigenvalue weighted by Crippen LogP contribution is -1.39. The Morgan fingerprint density at radius 1 is 2.00 bits per heavy atom. The van der Waals surface area contributed by atoms with E-state index in [4.69, 9.17) is 0 Å². The summed E-state index contributed by atoms with van der Waals surface area (Å²) in [6.07, 6.45) is 1.61. The van der Waals surface area contributed by atoms with E-state index >= 15 is 0 Å². The molecule has 0 aliphatic heterocycles. The minimum atomic E-state index is 1.61. The minimum Gasteiger partial charge on any atom is -0.233 e. The summed E-state index contributed by atoms with van der Waals surface area (Å²) in [6.45, 7) is 1.81. The van der Waals surface area contributed by atoms with Crippen molar-refractivity contribution >= 4 is 19.0 Å². The highest BCUT2D eigenvalue weighted by Crippen LogP contribution is 1.62. The summed E-state index contributed by atoms with van der Waals surface area (Å²) >= 11 is 3.49. The maximum Gasteiger partial charge on any atom is 0.00917 e. The molecule has 0 aromatic heterocycles. The maximum atomic E-state index is 3.49. The van der Waals surface area contributed by atoms with E-state index in [0.717, 1.165) is 0 Å². The molecule has 0 amide bonds. The highest BCUT2D eigenvalue weighted by atomic mass is 32.1. The Labute approximate surface area is 31.3 Å². The zero-order valence-electron chi connectivity index (χ0n) is 2.47. The zero-order valence-corrected chi connectivity index (χ0v) is 3.37. The van der Waals surface area contributed by atoms with Crippen LogP contribution in [-0.4, -0.2) is 6.21 Å². The van der Waals surface area contributed by atoms with E-state index in [-0.39, 0.29) is 0 Å². The van der Waals surface area contributed by atoms with E-state index in [0.29, 0.717) is 0 Å². The van der Waals surface area contributed by atoms with Crippen LogP contribution in [0.15, 0.2) is 4.40 Å². The Hall–Kier alpha value is 0.0200. The van der Waals surface area contributed by atoms with Crippen LogP contribution in [0.1, 0.15) is 6.92 Å². The van der Waals surface area contributed by atoms with Crippen molar-refractivity contribution in [2.24, 2.45) is 4.40 Å². The first kappa shape index (κ1) is 4.02. The SMILES string of the molecule is C/C=N\S. The summed E-state index contributed by atoms with van der Waals surface area (Å²) in [4.78, 5) is 0. The standard InChI is InChI=1S/C2H5NS/c1-2-3-4/h2,4H,1H3/b3-2-. The molecule has 0 rings (SSSR count). The van der Waals surface area contributed by atoms with Crippen LogP contribution in [0.2, 0.25) is 0 Å². The van der Waals surface area contributed by atoms with Gasteiger partial charge in [-0.15, -0.1) is 0 Å². The van der Waals surface area contributed by atoms with Crippen molar-refractivity contribution < 1.29 is 0 Å². The molecule has 0 spiro atoms. The van der Waals surface area contributed by atoms with E-state index in [2.05, 4.69) is 17.2 Å². The quantitative estimate of drug-likeness (QED) is 0.325. The fourth-order valence-corrected chi connectivity index (χ4v) is 0. The van der Waals surface area contributed by atoms with Crippen LogP contribution in [-0.2, 0) is 0 Å². The molecule has 0 aromatic carbocycles. The summed E-state index contributed by atoms with van der Waals surface area (Å²) in [6, 6.07) is 0. The molecule has 0 heterocycles. The highest BCUT2D eigenvalue weighted by Gasteiger charge is 1.34. The average molecular weight is 75.1 g/mol. The van der Waals surface area contributed by atoms with Gasteiger partial charge in [-0.1, -0.05) is 0 Å². The molecule has 0 atom stereocenters. The topological polar surface area (TPSA) is 12.4 Å². The Bertz CT molecular complexity index is 21.2. The second-order valence-electron chi connectivity index (χ2n) is 0.374. The molecule has 24 valence electrons. The van der Waals surface area contributed by atoms with E-state index in [1.165, 1.54) is 0 Å². The molecule has 0 aromatic rings. The fraction of sp³-hybridized carbons (Fsp3) is 0.500. The Balaban J connectivity index is 2.55. The van der Waals surface area contributed by atoms with Crippen molar-refractivity contribution in [3.8, 4) is 0 Å². The third-order valence-electron chi connectivity index (χ3n) is 0.115. The van der Waals surface area contributed by atoms with Gasteiger partial charge in [-0.2, -0.15) is 0 Å². The van der Waals surface area contributed by atoms with Crippen molar-refractivity contribution in [3.63, 3.8) is 0 Å². The maximum absolute atomic E-state index is 3.49. The monoisotopic (exact) mass is 75.0 g/mol. The molecule has 0 bridgehead atoms. The molecule has 0 saturated heterocycles. The smallest absolute Gasteiger partial charge is 0.00917 e. The number of hydrogen-bond donors (Lipinski definition) is 1. The molecule has 0 aliphatic rings. The van der Waals surface area contributed by atoms with Gasteiger partial charge in [0.2, 0.25) is 0 Å². The van der Waals surface area contributed by atoms with Gasteiger partial charge < -0.3 is 0 Å². The molecular weight excluding hydrogens is 70.1 g/mol. The lowest BCUT2D eigenvalue weighted by atomic mass is 10.9. The van der Waals surface area contributed by atoms with Crippen molar-refractivity contribution in [1.29, 1.82) is 0 Å². The molecule has 2 heteroatoms. The number of hydrogen-bond acceptors (Lipinski definition) is 2. The Morgan fingerprint density at radius 2 is 2.25 bits per heavy atom. The van der Waals surface area contributed by atoms with Crippen molar-refractivity contribution in [3.05, 3.63) is 0 Å². The average Bonchev–Trinajstić information content (AvgIpc) is 1.37. The Kier molecular flexibility index (Phi) is 3.04. The van der Waals surface area contributed by atoms with Crippen LogP contribution < -0.4 is 0 Å². The van der Waals surface area contributed by atoms with Gasteiger partial charge in [0, 0.05) is 6.21 Å². The summed E-state index contributed by atoms with van der Waals surface area (Å²) < 4.78 is 3.31. The van der Waals surface area contributed by atoms with Crippen LogP contribution in [0, 0.1) is 0 Å². The zero-order chi connectivity index (χ0) is 3.41. The van der Waals surface area contributed by atoms with Gasteiger partial charge in [-0.3, -0.25) is 0 Å². The van der Waals surface area contributed by atoms with E-state index in [1.54, 1.807) is 6.21 Å². The summed E-state index contributed by atoms with van der Waals surface area (Å²) in [5, 5.41) is 0. The first-order chi connectivity index (χ1) is 1.91. The molecule has 4 heavy (non-hydrogen) atoms. The fourth-order valence-electron chi connectivity index (χ4n) is 0. The van der Waals surface area contributed by atoms with Gasteiger partial charge in [0.15, 0.2) is 0 Å². The first-order valence-corrected chi connectivity index (χ1v) is 1.44. The van der Waals surface area contributed by atoms with Gasteiger partial charge in [0.25, 0.3) is 0 Å². The van der Waals surface area contributed by atoms with E-state index in [1.807, 2.05) is 6.92 Å². The van der Waals surface area contributed by atoms with E-state index in [9.17, 15) is 0 Å².